The third-order valence-corrected chi connectivity index (χ3v) is 6.65. The van der Waals surface area contributed by atoms with Crippen LogP contribution >= 0.6 is 69.1 Å². The van der Waals surface area contributed by atoms with Gasteiger partial charge in [0, 0.05) is 20.2 Å². The summed E-state index contributed by atoms with van der Waals surface area (Å²) in [4.78, 5) is 23.2. The Morgan fingerprint density at radius 2 is 1.15 bits per heavy atom. The molecule has 0 saturated carbocycles. The molecule has 0 saturated heterocycles. The monoisotopic (exact) mass is 382 g/mol. The van der Waals surface area contributed by atoms with Crippen molar-refractivity contribution >= 4 is 99.7 Å². The standard InChI is InChI=1S/C12H2Cl4O2S2/c13-7-3-1-5-4(8(14)10(19-5)12(16)18)2-6(3)20-9(7)11(15)17/h1-2H. The Kier molecular flexibility index (Phi) is 3.73. The second-order valence-corrected chi connectivity index (χ2v) is 7.43. The molecule has 0 aliphatic carbocycles. The molecule has 0 aliphatic heterocycles. The number of hydrogen-bond acceptors (Lipinski definition) is 4. The Hall–Kier alpha value is -0.360. The fourth-order valence-corrected chi connectivity index (χ4v) is 5.12. The Balaban J connectivity index is 2.39. The summed E-state index contributed by atoms with van der Waals surface area (Å²) >= 11 is 25.6. The molecule has 0 spiro atoms. The molecule has 2 heterocycles. The summed E-state index contributed by atoms with van der Waals surface area (Å²) < 4.78 is 1.56. The van der Waals surface area contributed by atoms with Crippen molar-refractivity contribution in [2.75, 3.05) is 0 Å². The highest BCUT2D eigenvalue weighted by molar-refractivity contribution is 7.24. The molecule has 3 rings (SSSR count). The summed E-state index contributed by atoms with van der Waals surface area (Å²) in [6, 6.07) is 3.57. The average Bonchev–Trinajstić information content (AvgIpc) is 2.87. The van der Waals surface area contributed by atoms with Crippen LogP contribution in [0.3, 0.4) is 0 Å². The van der Waals surface area contributed by atoms with E-state index in [0.29, 0.717) is 30.6 Å². The maximum atomic E-state index is 11.3. The zero-order chi connectivity index (χ0) is 14.6. The fraction of sp³-hybridized carbons (Fsp3) is 0. The lowest BCUT2D eigenvalue weighted by Gasteiger charge is -1.93. The van der Waals surface area contributed by atoms with E-state index in [1.807, 2.05) is 0 Å². The van der Waals surface area contributed by atoms with E-state index in [9.17, 15) is 9.59 Å². The van der Waals surface area contributed by atoms with E-state index in [1.54, 1.807) is 12.1 Å². The zero-order valence-electron chi connectivity index (χ0n) is 9.30. The molecule has 20 heavy (non-hydrogen) atoms. The Morgan fingerprint density at radius 3 is 1.45 bits per heavy atom. The van der Waals surface area contributed by atoms with Gasteiger partial charge >= 0.3 is 0 Å². The van der Waals surface area contributed by atoms with E-state index in [1.165, 1.54) is 22.7 Å². The van der Waals surface area contributed by atoms with Gasteiger partial charge in [-0.3, -0.25) is 9.59 Å². The van der Waals surface area contributed by atoms with Crippen LogP contribution in [0.5, 0.6) is 0 Å². The van der Waals surface area contributed by atoms with Crippen LogP contribution in [-0.4, -0.2) is 10.5 Å². The van der Waals surface area contributed by atoms with E-state index >= 15 is 0 Å². The van der Waals surface area contributed by atoms with Gasteiger partial charge in [0.05, 0.1) is 10.0 Å². The van der Waals surface area contributed by atoms with Crippen LogP contribution in [0.1, 0.15) is 19.3 Å². The average molecular weight is 384 g/mol. The first-order valence-corrected chi connectivity index (χ1v) is 8.28. The quantitative estimate of drug-likeness (QED) is 0.495. The summed E-state index contributed by atoms with van der Waals surface area (Å²) in [6.07, 6.45) is 0. The predicted molar refractivity (Wildman–Crippen MR) is 87.6 cm³/mol. The molecule has 0 atom stereocenters. The zero-order valence-corrected chi connectivity index (χ0v) is 14.0. The highest BCUT2D eigenvalue weighted by Gasteiger charge is 2.20. The van der Waals surface area contributed by atoms with Gasteiger partial charge in [0.15, 0.2) is 0 Å². The minimum absolute atomic E-state index is 0.297. The second kappa shape index (κ2) is 5.13. The molecule has 102 valence electrons. The molecular weight excluding hydrogens is 382 g/mol. The van der Waals surface area contributed by atoms with Crippen LogP contribution in [0.2, 0.25) is 10.0 Å². The third kappa shape index (κ3) is 2.15. The molecule has 0 radical (unpaired) electrons. The van der Waals surface area contributed by atoms with Crippen molar-refractivity contribution in [3.63, 3.8) is 0 Å². The Bertz CT molecular complexity index is 820. The van der Waals surface area contributed by atoms with E-state index in [4.69, 9.17) is 46.4 Å². The highest BCUT2D eigenvalue weighted by Crippen LogP contribution is 2.43. The summed E-state index contributed by atoms with van der Waals surface area (Å²) in [5.41, 5.74) is 0. The van der Waals surface area contributed by atoms with Crippen LogP contribution in [-0.2, 0) is 0 Å². The normalized spacial score (nSPS) is 11.4. The Labute approximate surface area is 140 Å². The first-order chi connectivity index (χ1) is 9.40. The van der Waals surface area contributed by atoms with Crippen molar-refractivity contribution in [2.45, 2.75) is 0 Å². The van der Waals surface area contributed by atoms with Gasteiger partial charge in [-0.25, -0.2) is 0 Å². The van der Waals surface area contributed by atoms with Gasteiger partial charge in [-0.15, -0.1) is 22.7 Å². The molecule has 2 nitrogen and oxygen atoms in total. The van der Waals surface area contributed by atoms with Crippen LogP contribution in [0.4, 0.5) is 0 Å². The number of thiophene rings is 2. The van der Waals surface area contributed by atoms with Gasteiger partial charge in [0.1, 0.15) is 9.75 Å². The molecule has 0 bridgehead atoms. The lowest BCUT2D eigenvalue weighted by Crippen LogP contribution is -1.81. The SMILES string of the molecule is O=C(Cl)c1sc2cc3c(Cl)c(C(=O)Cl)sc3cc2c1Cl. The molecule has 1 aromatic carbocycles. The molecular formula is C12H2Cl4O2S2. The minimum Gasteiger partial charge on any atom is -0.275 e. The number of carbonyl (C=O) groups is 2. The smallest absolute Gasteiger partial charge is 0.263 e. The largest absolute Gasteiger partial charge is 0.275 e. The second-order valence-electron chi connectivity index (χ2n) is 3.88. The topological polar surface area (TPSA) is 34.1 Å². The van der Waals surface area contributed by atoms with Crippen molar-refractivity contribution in [2.24, 2.45) is 0 Å². The van der Waals surface area contributed by atoms with Gasteiger partial charge in [-0.2, -0.15) is 0 Å². The van der Waals surface area contributed by atoms with Gasteiger partial charge in [-0.05, 0) is 35.3 Å². The first kappa shape index (κ1) is 14.6. The van der Waals surface area contributed by atoms with Crippen LogP contribution < -0.4 is 0 Å². The van der Waals surface area contributed by atoms with Crippen LogP contribution in [0, 0.1) is 0 Å². The van der Waals surface area contributed by atoms with Crippen molar-refractivity contribution in [3.05, 3.63) is 31.9 Å². The predicted octanol–water partition coefficient (Wildman–Crippen LogP) is 6.18. The summed E-state index contributed by atoms with van der Waals surface area (Å²) in [7, 11) is 0. The van der Waals surface area contributed by atoms with Crippen molar-refractivity contribution < 1.29 is 9.59 Å². The van der Waals surface area contributed by atoms with E-state index in [-0.39, 0.29) is 0 Å². The number of fused-ring (bicyclic) bond motifs is 2. The van der Waals surface area contributed by atoms with Crippen LogP contribution in [0.15, 0.2) is 12.1 Å². The van der Waals surface area contributed by atoms with Crippen molar-refractivity contribution in [1.29, 1.82) is 0 Å². The van der Waals surface area contributed by atoms with Crippen molar-refractivity contribution in [3.8, 4) is 0 Å². The maximum absolute atomic E-state index is 11.3. The Morgan fingerprint density at radius 1 is 0.800 bits per heavy atom. The molecule has 0 aliphatic rings. The number of rotatable bonds is 2. The molecule has 0 N–H and O–H groups in total. The third-order valence-electron chi connectivity index (χ3n) is 2.73. The first-order valence-electron chi connectivity index (χ1n) is 5.14. The van der Waals surface area contributed by atoms with E-state index < -0.39 is 10.5 Å². The molecule has 0 unspecified atom stereocenters. The summed E-state index contributed by atoms with van der Waals surface area (Å²) in [5, 5.41) is 0.856. The number of hydrogen-bond donors (Lipinski definition) is 0. The van der Waals surface area contributed by atoms with Crippen LogP contribution in [0.25, 0.3) is 20.2 Å². The van der Waals surface area contributed by atoms with E-state index in [2.05, 4.69) is 0 Å². The fourth-order valence-electron chi connectivity index (χ4n) is 1.88. The van der Waals surface area contributed by atoms with Gasteiger partial charge in [0.25, 0.3) is 10.5 Å². The summed E-state index contributed by atoms with van der Waals surface area (Å²) in [5.74, 6) is 0. The lowest BCUT2D eigenvalue weighted by molar-refractivity contribution is 0.107. The number of benzene rings is 1. The highest BCUT2D eigenvalue weighted by atomic mass is 35.5. The summed E-state index contributed by atoms with van der Waals surface area (Å²) in [6.45, 7) is 0. The van der Waals surface area contributed by atoms with Gasteiger partial charge in [-0.1, -0.05) is 23.2 Å². The molecule has 8 heteroatoms. The molecule has 2 aromatic heterocycles. The number of halogens is 4. The molecule has 0 fully saturated rings. The van der Waals surface area contributed by atoms with E-state index in [0.717, 1.165) is 9.40 Å². The molecule has 0 amide bonds. The van der Waals surface area contributed by atoms with Gasteiger partial charge < -0.3 is 0 Å². The minimum atomic E-state index is -0.595. The van der Waals surface area contributed by atoms with Crippen molar-refractivity contribution in [1.82, 2.24) is 0 Å². The molecule has 3 aromatic rings. The maximum Gasteiger partial charge on any atom is 0.263 e. The lowest BCUT2D eigenvalue weighted by atomic mass is 10.2. The number of carbonyl (C=O) groups excluding carboxylic acids is 2. The van der Waals surface area contributed by atoms with Gasteiger partial charge in [0.2, 0.25) is 0 Å².